The highest BCUT2D eigenvalue weighted by atomic mass is 16.5. The molecule has 7 nitrogen and oxygen atoms in total. The normalized spacial score (nSPS) is 11.5. The molecule has 0 atom stereocenters. The standard InChI is InChI=1S/C28H32N4O3/c1-18(2)31-21(5)15-23(22(31)6)16-29-30-28(33)27-14-13-26(35-27)17-34-25-11-9-24(10-12-25)32-19(3)7-8-20(32)4/h7-16,18H,17H2,1-6H3,(H,30,33)/b29-16+. The first-order valence-corrected chi connectivity index (χ1v) is 11.7. The van der Waals surface area contributed by atoms with Crippen molar-refractivity contribution >= 4 is 12.1 Å². The van der Waals surface area contributed by atoms with Crippen LogP contribution in [0.3, 0.4) is 0 Å². The molecular formula is C28H32N4O3. The van der Waals surface area contributed by atoms with E-state index in [1.807, 2.05) is 31.2 Å². The van der Waals surface area contributed by atoms with Gasteiger partial charge in [0.15, 0.2) is 5.76 Å². The van der Waals surface area contributed by atoms with Gasteiger partial charge in [0.25, 0.3) is 0 Å². The van der Waals surface area contributed by atoms with Crippen molar-refractivity contribution in [1.82, 2.24) is 14.6 Å². The van der Waals surface area contributed by atoms with Crippen LogP contribution in [0.4, 0.5) is 0 Å². The summed E-state index contributed by atoms with van der Waals surface area (Å²) in [7, 11) is 0. The number of rotatable bonds is 8. The van der Waals surface area contributed by atoms with Crippen molar-refractivity contribution in [1.29, 1.82) is 0 Å². The number of aryl methyl sites for hydroxylation is 3. The summed E-state index contributed by atoms with van der Waals surface area (Å²) in [6.45, 7) is 12.8. The third-order valence-corrected chi connectivity index (χ3v) is 6.04. The molecule has 1 N–H and O–H groups in total. The van der Waals surface area contributed by atoms with Crippen LogP contribution in [0.25, 0.3) is 5.69 Å². The van der Waals surface area contributed by atoms with Crippen molar-refractivity contribution in [2.24, 2.45) is 5.10 Å². The number of amides is 1. The molecule has 182 valence electrons. The minimum Gasteiger partial charge on any atom is -0.486 e. The molecule has 0 saturated carbocycles. The molecule has 35 heavy (non-hydrogen) atoms. The molecule has 0 saturated heterocycles. The predicted octanol–water partition coefficient (Wildman–Crippen LogP) is 6.03. The second kappa shape index (κ2) is 10.1. The Balaban J connectivity index is 1.32. The molecular weight excluding hydrogens is 440 g/mol. The van der Waals surface area contributed by atoms with E-state index in [1.54, 1.807) is 18.3 Å². The van der Waals surface area contributed by atoms with E-state index in [4.69, 9.17) is 9.15 Å². The zero-order valence-corrected chi connectivity index (χ0v) is 21.1. The Morgan fingerprint density at radius 1 is 1.00 bits per heavy atom. The van der Waals surface area contributed by atoms with E-state index in [-0.39, 0.29) is 12.4 Å². The Bertz CT molecular complexity index is 1330. The van der Waals surface area contributed by atoms with Crippen molar-refractivity contribution in [3.05, 3.63) is 94.5 Å². The third kappa shape index (κ3) is 5.24. The number of nitrogens with one attached hydrogen (secondary N) is 1. The first-order chi connectivity index (χ1) is 16.7. The second-order valence-corrected chi connectivity index (χ2v) is 8.99. The Kier molecular flexibility index (Phi) is 6.96. The van der Waals surface area contributed by atoms with Gasteiger partial charge in [-0.2, -0.15) is 5.10 Å². The first kappa shape index (κ1) is 24.1. The molecule has 0 bridgehead atoms. The molecule has 0 aliphatic carbocycles. The Hall–Kier alpha value is -4.00. The van der Waals surface area contributed by atoms with Gasteiger partial charge in [0.1, 0.15) is 18.1 Å². The minimum absolute atomic E-state index is 0.183. The van der Waals surface area contributed by atoms with E-state index >= 15 is 0 Å². The molecule has 0 aliphatic heterocycles. The fraction of sp³-hybridized carbons (Fsp3) is 0.286. The number of aromatic nitrogens is 2. The smallest absolute Gasteiger partial charge is 0.307 e. The highest BCUT2D eigenvalue weighted by molar-refractivity contribution is 5.92. The summed E-state index contributed by atoms with van der Waals surface area (Å²) in [6, 6.07) is 17.9. The Labute approximate surface area is 206 Å². The van der Waals surface area contributed by atoms with E-state index in [0.29, 0.717) is 11.8 Å². The van der Waals surface area contributed by atoms with Crippen LogP contribution in [0.5, 0.6) is 5.75 Å². The maximum Gasteiger partial charge on any atom is 0.307 e. The van der Waals surface area contributed by atoms with Gasteiger partial charge in [-0.3, -0.25) is 4.79 Å². The van der Waals surface area contributed by atoms with Crippen LogP contribution >= 0.6 is 0 Å². The van der Waals surface area contributed by atoms with Gasteiger partial charge in [0.05, 0.1) is 6.21 Å². The highest BCUT2D eigenvalue weighted by Crippen LogP contribution is 2.21. The summed E-state index contributed by atoms with van der Waals surface area (Å²) in [4.78, 5) is 12.4. The lowest BCUT2D eigenvalue weighted by molar-refractivity contribution is 0.0923. The van der Waals surface area contributed by atoms with Crippen LogP contribution in [0.2, 0.25) is 0 Å². The van der Waals surface area contributed by atoms with Crippen molar-refractivity contribution in [3.8, 4) is 11.4 Å². The summed E-state index contributed by atoms with van der Waals surface area (Å²) in [6.07, 6.45) is 1.66. The summed E-state index contributed by atoms with van der Waals surface area (Å²) in [5.74, 6) is 1.05. The molecule has 4 rings (SSSR count). The highest BCUT2D eigenvalue weighted by Gasteiger charge is 2.13. The van der Waals surface area contributed by atoms with Crippen LogP contribution in [0.15, 0.2) is 64.1 Å². The van der Waals surface area contributed by atoms with Crippen LogP contribution in [0, 0.1) is 27.7 Å². The van der Waals surface area contributed by atoms with Gasteiger partial charge in [-0.1, -0.05) is 0 Å². The summed E-state index contributed by atoms with van der Waals surface area (Å²) in [5, 5.41) is 4.11. The number of hydrazone groups is 1. The zero-order chi connectivity index (χ0) is 25.1. The number of benzene rings is 1. The molecule has 1 aromatic carbocycles. The van der Waals surface area contributed by atoms with Gasteiger partial charge in [0.2, 0.25) is 0 Å². The number of furan rings is 1. The number of hydrogen-bond donors (Lipinski definition) is 1. The van der Waals surface area contributed by atoms with E-state index in [0.717, 1.165) is 28.4 Å². The molecule has 0 radical (unpaired) electrons. The topological polar surface area (TPSA) is 73.7 Å². The Morgan fingerprint density at radius 3 is 2.31 bits per heavy atom. The average molecular weight is 473 g/mol. The molecule has 7 heteroatoms. The fourth-order valence-electron chi connectivity index (χ4n) is 4.44. The maximum atomic E-state index is 12.4. The van der Waals surface area contributed by atoms with E-state index in [1.165, 1.54) is 11.4 Å². The van der Waals surface area contributed by atoms with Gasteiger partial charge in [-0.25, -0.2) is 5.43 Å². The molecule has 3 aromatic heterocycles. The van der Waals surface area contributed by atoms with Gasteiger partial charge >= 0.3 is 5.91 Å². The number of ether oxygens (including phenoxy) is 1. The van der Waals surface area contributed by atoms with Crippen molar-refractivity contribution in [2.45, 2.75) is 54.2 Å². The minimum atomic E-state index is -0.410. The summed E-state index contributed by atoms with van der Waals surface area (Å²) in [5.41, 5.74) is 9.22. The van der Waals surface area contributed by atoms with Crippen molar-refractivity contribution in [2.75, 3.05) is 0 Å². The molecule has 0 unspecified atom stereocenters. The predicted molar refractivity (Wildman–Crippen MR) is 138 cm³/mol. The van der Waals surface area contributed by atoms with E-state index in [2.05, 4.69) is 72.5 Å². The third-order valence-electron chi connectivity index (χ3n) is 6.04. The van der Waals surface area contributed by atoms with Gasteiger partial charge < -0.3 is 18.3 Å². The van der Waals surface area contributed by atoms with Crippen LogP contribution < -0.4 is 10.2 Å². The number of nitrogens with zero attached hydrogens (tertiary/aromatic N) is 3. The maximum absolute atomic E-state index is 12.4. The van der Waals surface area contributed by atoms with Crippen LogP contribution in [-0.2, 0) is 6.61 Å². The van der Waals surface area contributed by atoms with Gasteiger partial charge in [-0.05, 0) is 96.1 Å². The lowest BCUT2D eigenvalue weighted by Crippen LogP contribution is -2.16. The SMILES string of the molecule is Cc1ccc(C)n1-c1ccc(OCc2ccc(C(=O)N/N=C/c3cc(C)n(C(C)C)c3C)o2)cc1. The summed E-state index contributed by atoms with van der Waals surface area (Å²) >= 11 is 0. The molecule has 4 aromatic rings. The lowest BCUT2D eigenvalue weighted by atomic mass is 10.2. The molecule has 0 aliphatic rings. The quantitative estimate of drug-likeness (QED) is 0.251. The zero-order valence-electron chi connectivity index (χ0n) is 21.1. The Morgan fingerprint density at radius 2 is 1.69 bits per heavy atom. The second-order valence-electron chi connectivity index (χ2n) is 8.99. The van der Waals surface area contributed by atoms with Crippen LogP contribution in [0.1, 0.15) is 64.5 Å². The monoisotopic (exact) mass is 472 g/mol. The van der Waals surface area contributed by atoms with Gasteiger partial charge in [-0.15, -0.1) is 0 Å². The fourth-order valence-corrected chi connectivity index (χ4v) is 4.44. The number of carbonyl (C=O) groups excluding carboxylic acids is 1. The first-order valence-electron chi connectivity index (χ1n) is 11.7. The molecule has 1 amide bonds. The molecule has 0 spiro atoms. The van der Waals surface area contributed by atoms with Crippen molar-refractivity contribution in [3.63, 3.8) is 0 Å². The number of hydrogen-bond acceptors (Lipinski definition) is 4. The number of carbonyl (C=O) groups is 1. The lowest BCUT2D eigenvalue weighted by Gasteiger charge is -2.13. The van der Waals surface area contributed by atoms with Gasteiger partial charge in [0, 0.05) is 40.1 Å². The average Bonchev–Trinajstić information content (AvgIpc) is 3.50. The van der Waals surface area contributed by atoms with E-state index < -0.39 is 5.91 Å². The summed E-state index contributed by atoms with van der Waals surface area (Å²) < 4.78 is 15.9. The molecule has 0 fully saturated rings. The van der Waals surface area contributed by atoms with Crippen molar-refractivity contribution < 1.29 is 13.9 Å². The molecule has 3 heterocycles. The van der Waals surface area contributed by atoms with Crippen LogP contribution in [-0.4, -0.2) is 21.3 Å². The largest absolute Gasteiger partial charge is 0.486 e. The van der Waals surface area contributed by atoms with E-state index in [9.17, 15) is 4.79 Å².